The first-order chi connectivity index (χ1) is 17.2. The molecule has 1 unspecified atom stereocenters. The van der Waals surface area contributed by atoms with Crippen LogP contribution in [0.2, 0.25) is 0 Å². The van der Waals surface area contributed by atoms with E-state index in [4.69, 9.17) is 0 Å². The van der Waals surface area contributed by atoms with E-state index in [1.807, 2.05) is 54.6 Å². The molecule has 9 nitrogen and oxygen atoms in total. The van der Waals surface area contributed by atoms with Gasteiger partial charge in [0.15, 0.2) is 11.5 Å². The summed E-state index contributed by atoms with van der Waals surface area (Å²) in [7, 11) is 0. The Labute approximate surface area is 201 Å². The number of H-pyrrole nitrogens is 2. The maximum Gasteiger partial charge on any atom is 0.182 e. The average molecular weight is 463 g/mol. The number of imidazole rings is 1. The van der Waals surface area contributed by atoms with Gasteiger partial charge in [0.2, 0.25) is 0 Å². The van der Waals surface area contributed by atoms with Crippen molar-refractivity contribution in [3.05, 3.63) is 90.3 Å². The number of nitrogens with zero attached hydrogens (tertiary/aromatic N) is 5. The zero-order valence-corrected chi connectivity index (χ0v) is 18.9. The zero-order chi connectivity index (χ0) is 23.8. The summed E-state index contributed by atoms with van der Waals surface area (Å²) in [4.78, 5) is 30.8. The van der Waals surface area contributed by atoms with E-state index in [1.165, 1.54) is 6.33 Å². The molecule has 2 atom stereocenters. The summed E-state index contributed by atoms with van der Waals surface area (Å²) in [5.41, 5.74) is 6.92. The number of aldehydes is 1. The molecule has 0 amide bonds. The standard InChI is InChI=1S/C26H22N8O/c1-16(32-26-24-25(28-14-27-24)29-15-30-26)21-12-17-6-5-9-19(20-10-11-31-33-20)23(17)22(13-35)34(21)18-7-3-2-4-8-18/h2-16,22H,1H3,(H,31,33)(H2,27,28,29,30,32)/t16?,22-/m1/s1. The third kappa shape index (κ3) is 3.54. The third-order valence-corrected chi connectivity index (χ3v) is 6.27. The Morgan fingerprint density at radius 1 is 1.06 bits per heavy atom. The van der Waals surface area contributed by atoms with E-state index in [0.717, 1.165) is 45.6 Å². The van der Waals surface area contributed by atoms with Gasteiger partial charge in [-0.05, 0) is 42.3 Å². The molecule has 1 aliphatic rings. The largest absolute Gasteiger partial charge is 0.360 e. The number of nitrogens with one attached hydrogen (secondary N) is 3. The van der Waals surface area contributed by atoms with Crippen LogP contribution in [0.1, 0.15) is 24.1 Å². The van der Waals surface area contributed by atoms with Gasteiger partial charge in [0.25, 0.3) is 0 Å². The van der Waals surface area contributed by atoms with Crippen LogP contribution in [-0.2, 0) is 4.79 Å². The summed E-state index contributed by atoms with van der Waals surface area (Å²) in [5, 5.41) is 10.7. The van der Waals surface area contributed by atoms with Crippen molar-refractivity contribution in [1.82, 2.24) is 30.1 Å². The van der Waals surface area contributed by atoms with E-state index in [1.54, 1.807) is 12.5 Å². The van der Waals surface area contributed by atoms with Crippen LogP contribution >= 0.6 is 0 Å². The number of para-hydroxylation sites is 1. The normalized spacial score (nSPS) is 16.0. The number of anilines is 2. The molecule has 0 radical (unpaired) electrons. The summed E-state index contributed by atoms with van der Waals surface area (Å²) in [6.45, 7) is 2.05. The average Bonchev–Trinajstić information content (AvgIpc) is 3.60. The first-order valence-electron chi connectivity index (χ1n) is 11.3. The van der Waals surface area contributed by atoms with Crippen LogP contribution in [-0.4, -0.2) is 42.5 Å². The van der Waals surface area contributed by atoms with Crippen LogP contribution in [0.5, 0.6) is 0 Å². The molecule has 0 spiro atoms. The number of aromatic amines is 2. The van der Waals surface area contributed by atoms with Gasteiger partial charge in [-0.15, -0.1) is 0 Å². The number of benzene rings is 2. The number of carbonyl (C=O) groups excluding carboxylic acids is 1. The SMILES string of the molecule is CC(Nc1ncnc2nc[nH]c12)C1=Cc2cccc(-c3ccn[nH]3)c2[C@@H](C=O)N1c1ccccc1. The van der Waals surface area contributed by atoms with Gasteiger partial charge in [-0.25, -0.2) is 15.0 Å². The van der Waals surface area contributed by atoms with Crippen molar-refractivity contribution < 1.29 is 4.79 Å². The minimum Gasteiger partial charge on any atom is -0.360 e. The van der Waals surface area contributed by atoms with Gasteiger partial charge in [0, 0.05) is 23.1 Å². The van der Waals surface area contributed by atoms with Gasteiger partial charge in [-0.2, -0.15) is 5.10 Å². The summed E-state index contributed by atoms with van der Waals surface area (Å²) in [6.07, 6.45) is 7.94. The highest BCUT2D eigenvalue weighted by molar-refractivity contribution is 5.87. The molecular weight excluding hydrogens is 440 g/mol. The van der Waals surface area contributed by atoms with Crippen molar-refractivity contribution in [2.24, 2.45) is 0 Å². The van der Waals surface area contributed by atoms with E-state index in [9.17, 15) is 4.79 Å². The second-order valence-corrected chi connectivity index (χ2v) is 8.32. The molecule has 0 saturated heterocycles. The summed E-state index contributed by atoms with van der Waals surface area (Å²) in [6, 6.07) is 17.2. The molecule has 5 aromatic rings. The molecule has 4 heterocycles. The molecule has 3 aromatic heterocycles. The minimum atomic E-state index is -0.534. The highest BCUT2D eigenvalue weighted by atomic mass is 16.1. The molecule has 0 saturated carbocycles. The highest BCUT2D eigenvalue weighted by Crippen LogP contribution is 2.42. The number of carbonyl (C=O) groups is 1. The number of hydrogen-bond acceptors (Lipinski definition) is 7. The van der Waals surface area contributed by atoms with Crippen molar-refractivity contribution >= 4 is 35.0 Å². The predicted molar refractivity (Wildman–Crippen MR) is 134 cm³/mol. The Balaban J connectivity index is 1.51. The van der Waals surface area contributed by atoms with Crippen LogP contribution in [0.25, 0.3) is 28.5 Å². The second-order valence-electron chi connectivity index (χ2n) is 8.32. The monoisotopic (exact) mass is 462 g/mol. The smallest absolute Gasteiger partial charge is 0.182 e. The fraction of sp³-hybridized carbons (Fsp3) is 0.115. The van der Waals surface area contributed by atoms with Gasteiger partial charge < -0.3 is 20.0 Å². The molecule has 3 N–H and O–H groups in total. The van der Waals surface area contributed by atoms with E-state index in [2.05, 4.69) is 53.3 Å². The second kappa shape index (κ2) is 8.53. The van der Waals surface area contributed by atoms with Gasteiger partial charge in [0.1, 0.15) is 24.2 Å². The first kappa shape index (κ1) is 20.8. The van der Waals surface area contributed by atoms with Crippen LogP contribution in [0.15, 0.2) is 79.1 Å². The van der Waals surface area contributed by atoms with Crippen LogP contribution in [0.4, 0.5) is 11.5 Å². The minimum absolute atomic E-state index is 0.192. The van der Waals surface area contributed by atoms with Gasteiger partial charge in [0.05, 0.1) is 18.1 Å². The first-order valence-corrected chi connectivity index (χ1v) is 11.3. The van der Waals surface area contributed by atoms with Gasteiger partial charge >= 0.3 is 0 Å². The Morgan fingerprint density at radius 3 is 2.74 bits per heavy atom. The Morgan fingerprint density at radius 2 is 1.94 bits per heavy atom. The highest BCUT2D eigenvalue weighted by Gasteiger charge is 2.34. The predicted octanol–water partition coefficient (Wildman–Crippen LogP) is 4.34. The lowest BCUT2D eigenvalue weighted by Crippen LogP contribution is -2.39. The molecule has 0 fully saturated rings. The van der Waals surface area contributed by atoms with Crippen molar-refractivity contribution in [3.63, 3.8) is 0 Å². The topological polar surface area (TPSA) is 115 Å². The molecular formula is C26H22N8O. The Kier molecular flexibility index (Phi) is 5.07. The van der Waals surface area contributed by atoms with E-state index < -0.39 is 6.04 Å². The van der Waals surface area contributed by atoms with Crippen LogP contribution in [0, 0.1) is 0 Å². The number of rotatable bonds is 6. The van der Waals surface area contributed by atoms with Gasteiger partial charge in [-0.3, -0.25) is 5.10 Å². The molecule has 35 heavy (non-hydrogen) atoms. The van der Waals surface area contributed by atoms with Crippen molar-refractivity contribution in [2.75, 3.05) is 10.2 Å². The summed E-state index contributed by atoms with van der Waals surface area (Å²) >= 11 is 0. The van der Waals surface area contributed by atoms with E-state index in [-0.39, 0.29) is 6.04 Å². The van der Waals surface area contributed by atoms with Crippen LogP contribution < -0.4 is 10.2 Å². The quantitative estimate of drug-likeness (QED) is 0.321. The van der Waals surface area contributed by atoms with Crippen LogP contribution in [0.3, 0.4) is 0 Å². The lowest BCUT2D eigenvalue weighted by atomic mass is 9.87. The fourth-order valence-electron chi connectivity index (χ4n) is 4.71. The zero-order valence-electron chi connectivity index (χ0n) is 18.9. The molecule has 6 rings (SSSR count). The fourth-order valence-corrected chi connectivity index (χ4v) is 4.71. The molecule has 0 bridgehead atoms. The Hall–Kier alpha value is -4.79. The van der Waals surface area contributed by atoms with Gasteiger partial charge in [-0.1, -0.05) is 36.4 Å². The van der Waals surface area contributed by atoms with Crippen molar-refractivity contribution in [3.8, 4) is 11.3 Å². The molecule has 9 heteroatoms. The number of fused-ring (bicyclic) bond motifs is 2. The molecule has 2 aromatic carbocycles. The summed E-state index contributed by atoms with van der Waals surface area (Å²) < 4.78 is 0. The van der Waals surface area contributed by atoms with Crippen molar-refractivity contribution in [1.29, 1.82) is 0 Å². The molecule has 1 aliphatic heterocycles. The van der Waals surface area contributed by atoms with Crippen molar-refractivity contribution in [2.45, 2.75) is 19.0 Å². The molecule has 172 valence electrons. The maximum absolute atomic E-state index is 12.7. The maximum atomic E-state index is 12.7. The number of aromatic nitrogens is 6. The summed E-state index contributed by atoms with van der Waals surface area (Å²) in [5.74, 6) is 0.647. The van der Waals surface area contributed by atoms with E-state index >= 15 is 0 Å². The van der Waals surface area contributed by atoms with E-state index in [0.29, 0.717) is 11.5 Å². The third-order valence-electron chi connectivity index (χ3n) is 6.27. The lowest BCUT2D eigenvalue weighted by molar-refractivity contribution is -0.109. The lowest BCUT2D eigenvalue weighted by Gasteiger charge is -2.40. The number of hydrogen-bond donors (Lipinski definition) is 3. The Bertz CT molecular complexity index is 1520. The molecule has 0 aliphatic carbocycles.